The van der Waals surface area contributed by atoms with Crippen LogP contribution in [0.15, 0.2) is 24.3 Å². The highest BCUT2D eigenvalue weighted by Gasteiger charge is 2.34. The highest BCUT2D eigenvalue weighted by atomic mass is 19.4. The molecule has 1 amide bonds. The summed E-state index contributed by atoms with van der Waals surface area (Å²) >= 11 is 0. The summed E-state index contributed by atoms with van der Waals surface area (Å²) in [5, 5.41) is 0. The molecule has 0 spiro atoms. The number of alkyl halides is 3. The quantitative estimate of drug-likeness (QED) is 0.691. The van der Waals surface area contributed by atoms with E-state index >= 15 is 0 Å². The molecule has 1 aliphatic rings. The minimum atomic E-state index is -4.42. The molecule has 1 atom stereocenters. The first kappa shape index (κ1) is 16.6. The molecule has 1 aliphatic heterocycles. The van der Waals surface area contributed by atoms with Gasteiger partial charge in [-0.3, -0.25) is 4.90 Å². The molecule has 1 fully saturated rings. The summed E-state index contributed by atoms with van der Waals surface area (Å²) in [7, 11) is 0. The maximum absolute atomic E-state index is 12.7. The molecule has 1 saturated heterocycles. The van der Waals surface area contributed by atoms with Crippen LogP contribution in [0.3, 0.4) is 0 Å². The number of unbranched alkanes of at least 4 members (excludes halogenated alkanes) is 3. The molecule has 6 heteroatoms. The Morgan fingerprint density at radius 3 is 2.73 bits per heavy atom. The minimum Gasteiger partial charge on any atom is -0.444 e. The Bertz CT molecular complexity index is 516. The van der Waals surface area contributed by atoms with Crippen LogP contribution >= 0.6 is 0 Å². The van der Waals surface area contributed by atoms with Crippen molar-refractivity contribution in [3.8, 4) is 0 Å². The topological polar surface area (TPSA) is 29.5 Å². The Morgan fingerprint density at radius 1 is 1.27 bits per heavy atom. The summed E-state index contributed by atoms with van der Waals surface area (Å²) in [4.78, 5) is 13.1. The van der Waals surface area contributed by atoms with Gasteiger partial charge in [-0.2, -0.15) is 13.2 Å². The number of benzene rings is 1. The van der Waals surface area contributed by atoms with Gasteiger partial charge in [-0.15, -0.1) is 0 Å². The summed E-state index contributed by atoms with van der Waals surface area (Å²) in [5.74, 6) is 0. The smallest absolute Gasteiger partial charge is 0.416 e. The highest BCUT2D eigenvalue weighted by molar-refractivity contribution is 5.89. The molecule has 0 saturated carbocycles. The summed E-state index contributed by atoms with van der Waals surface area (Å²) in [6.45, 7) is 2.43. The van der Waals surface area contributed by atoms with Gasteiger partial charge >= 0.3 is 12.3 Å². The summed E-state index contributed by atoms with van der Waals surface area (Å²) in [6, 6.07) is 4.78. The van der Waals surface area contributed by atoms with Crippen LogP contribution in [0.1, 0.15) is 44.6 Å². The van der Waals surface area contributed by atoms with Crippen molar-refractivity contribution in [1.82, 2.24) is 0 Å². The van der Waals surface area contributed by atoms with Crippen molar-refractivity contribution in [3.05, 3.63) is 29.8 Å². The molecule has 1 aromatic carbocycles. The van der Waals surface area contributed by atoms with Crippen molar-refractivity contribution in [2.24, 2.45) is 0 Å². The first-order valence-corrected chi connectivity index (χ1v) is 7.57. The molecule has 22 heavy (non-hydrogen) atoms. The number of carbonyl (C=O) groups excluding carboxylic acids is 1. The van der Waals surface area contributed by atoms with E-state index in [1.54, 1.807) is 0 Å². The number of ether oxygens (including phenoxy) is 1. The lowest BCUT2D eigenvalue weighted by molar-refractivity contribution is -0.137. The number of anilines is 1. The van der Waals surface area contributed by atoms with Gasteiger partial charge < -0.3 is 4.74 Å². The van der Waals surface area contributed by atoms with Crippen molar-refractivity contribution >= 4 is 11.8 Å². The zero-order valence-electron chi connectivity index (χ0n) is 12.5. The predicted octanol–water partition coefficient (Wildman–Crippen LogP) is 5.00. The molecule has 3 nitrogen and oxygen atoms in total. The van der Waals surface area contributed by atoms with Crippen LogP contribution < -0.4 is 4.90 Å². The van der Waals surface area contributed by atoms with E-state index in [4.69, 9.17) is 4.74 Å². The van der Waals surface area contributed by atoms with Crippen molar-refractivity contribution in [3.63, 3.8) is 0 Å². The number of carbonyl (C=O) groups is 1. The van der Waals surface area contributed by atoms with Gasteiger partial charge in [0.1, 0.15) is 6.10 Å². The lowest BCUT2D eigenvalue weighted by atomic mass is 10.1. The second-order valence-corrected chi connectivity index (χ2v) is 5.51. The first-order chi connectivity index (χ1) is 10.4. The first-order valence-electron chi connectivity index (χ1n) is 7.57. The van der Waals surface area contributed by atoms with E-state index in [1.807, 2.05) is 0 Å². The Labute approximate surface area is 128 Å². The van der Waals surface area contributed by atoms with E-state index in [0.29, 0.717) is 6.54 Å². The molecule has 0 bridgehead atoms. The molecular weight excluding hydrogens is 295 g/mol. The van der Waals surface area contributed by atoms with Crippen molar-refractivity contribution in [2.75, 3.05) is 11.4 Å². The highest BCUT2D eigenvalue weighted by Crippen LogP contribution is 2.33. The van der Waals surface area contributed by atoms with Gasteiger partial charge in [0.25, 0.3) is 0 Å². The lowest BCUT2D eigenvalue weighted by Crippen LogP contribution is -2.24. The maximum atomic E-state index is 12.7. The number of rotatable bonds is 6. The van der Waals surface area contributed by atoms with E-state index < -0.39 is 17.8 Å². The van der Waals surface area contributed by atoms with Crippen LogP contribution in [0.2, 0.25) is 0 Å². The largest absolute Gasteiger partial charge is 0.444 e. The van der Waals surface area contributed by atoms with Gasteiger partial charge in [0.15, 0.2) is 0 Å². The summed E-state index contributed by atoms with van der Waals surface area (Å²) < 4.78 is 43.4. The standard InChI is InChI=1S/C16H20F3NO2/c1-2-3-4-5-9-14-11-20(15(21)22-14)13-8-6-7-12(10-13)16(17,18)19/h6-8,10,14H,2-5,9,11H2,1H3. The Balaban J connectivity index is 1.99. The number of nitrogens with zero attached hydrogens (tertiary/aromatic N) is 1. The molecule has 1 unspecified atom stereocenters. The second kappa shape index (κ2) is 7.03. The fraction of sp³-hybridized carbons (Fsp3) is 0.562. The summed E-state index contributed by atoms with van der Waals surface area (Å²) in [5.41, 5.74) is -0.528. The van der Waals surface area contributed by atoms with Crippen LogP contribution in [0.4, 0.5) is 23.7 Å². The normalized spacial score (nSPS) is 18.6. The van der Waals surface area contributed by atoms with E-state index in [2.05, 4.69) is 6.92 Å². The van der Waals surface area contributed by atoms with Crippen molar-refractivity contribution < 1.29 is 22.7 Å². The van der Waals surface area contributed by atoms with E-state index in [9.17, 15) is 18.0 Å². The molecule has 0 aliphatic carbocycles. The van der Waals surface area contributed by atoms with Crippen LogP contribution in [0.25, 0.3) is 0 Å². The van der Waals surface area contributed by atoms with E-state index in [1.165, 1.54) is 17.0 Å². The second-order valence-electron chi connectivity index (χ2n) is 5.51. The number of halogens is 3. The Morgan fingerprint density at radius 2 is 2.05 bits per heavy atom. The minimum absolute atomic E-state index is 0.232. The predicted molar refractivity (Wildman–Crippen MR) is 77.8 cm³/mol. The van der Waals surface area contributed by atoms with Crippen LogP contribution in [0.5, 0.6) is 0 Å². The lowest BCUT2D eigenvalue weighted by Gasteiger charge is -2.15. The molecule has 0 N–H and O–H groups in total. The zero-order valence-corrected chi connectivity index (χ0v) is 12.5. The van der Waals surface area contributed by atoms with Crippen LogP contribution in [-0.4, -0.2) is 18.7 Å². The fourth-order valence-electron chi connectivity index (χ4n) is 2.53. The molecule has 1 aromatic rings. The molecule has 122 valence electrons. The molecule has 0 radical (unpaired) electrons. The van der Waals surface area contributed by atoms with Crippen LogP contribution in [0, 0.1) is 0 Å². The molecule has 2 rings (SSSR count). The number of amides is 1. The third-order valence-corrected chi connectivity index (χ3v) is 3.74. The molecule has 1 heterocycles. The monoisotopic (exact) mass is 315 g/mol. The molecule has 0 aromatic heterocycles. The average molecular weight is 315 g/mol. The van der Waals surface area contributed by atoms with Crippen molar-refractivity contribution in [2.45, 2.75) is 51.3 Å². The third-order valence-electron chi connectivity index (χ3n) is 3.74. The number of cyclic esters (lactones) is 1. The van der Waals surface area contributed by atoms with Crippen molar-refractivity contribution in [1.29, 1.82) is 0 Å². The van der Waals surface area contributed by atoms with Gasteiger partial charge in [0.2, 0.25) is 0 Å². The number of hydrogen-bond acceptors (Lipinski definition) is 2. The van der Waals surface area contributed by atoms with Gasteiger partial charge in [-0.1, -0.05) is 32.3 Å². The van der Waals surface area contributed by atoms with Gasteiger partial charge in [-0.05, 0) is 31.0 Å². The van der Waals surface area contributed by atoms with E-state index in [-0.39, 0.29) is 11.8 Å². The maximum Gasteiger partial charge on any atom is 0.416 e. The average Bonchev–Trinajstić information content (AvgIpc) is 2.84. The summed E-state index contributed by atoms with van der Waals surface area (Å²) in [6.07, 6.45) is -0.172. The fourth-order valence-corrected chi connectivity index (χ4v) is 2.53. The van der Waals surface area contributed by atoms with Gasteiger partial charge in [0, 0.05) is 5.69 Å². The van der Waals surface area contributed by atoms with Gasteiger partial charge in [0.05, 0.1) is 12.1 Å². The Kier molecular flexibility index (Phi) is 5.32. The zero-order chi connectivity index (χ0) is 16.2. The SMILES string of the molecule is CCCCCCC1CN(c2cccc(C(F)(F)F)c2)C(=O)O1. The third kappa shape index (κ3) is 4.15. The Hall–Kier alpha value is -1.72. The van der Waals surface area contributed by atoms with Crippen LogP contribution in [-0.2, 0) is 10.9 Å². The number of hydrogen-bond donors (Lipinski definition) is 0. The van der Waals surface area contributed by atoms with Gasteiger partial charge in [-0.25, -0.2) is 4.79 Å². The molecular formula is C16H20F3NO2. The van der Waals surface area contributed by atoms with E-state index in [0.717, 1.165) is 44.2 Å².